The summed E-state index contributed by atoms with van der Waals surface area (Å²) in [6.07, 6.45) is 5.59. The first kappa shape index (κ1) is 14.4. The van der Waals surface area contributed by atoms with Gasteiger partial charge in [0.25, 0.3) is 11.7 Å². The van der Waals surface area contributed by atoms with Gasteiger partial charge in [-0.2, -0.15) is 4.98 Å². The molecule has 2 aromatic rings. The number of carbonyl (C=O) groups is 1. The maximum atomic E-state index is 12.6. The Balaban J connectivity index is 1.85. The fourth-order valence-corrected chi connectivity index (χ4v) is 3.20. The second-order valence-electron chi connectivity index (χ2n) is 5.94. The highest BCUT2D eigenvalue weighted by Crippen LogP contribution is 2.22. The minimum atomic E-state index is -0.0995. The van der Waals surface area contributed by atoms with Crippen LogP contribution in [0.5, 0.6) is 0 Å². The molecule has 0 unspecified atom stereocenters. The van der Waals surface area contributed by atoms with Gasteiger partial charge in [-0.05, 0) is 40.6 Å². The normalized spacial score (nSPS) is 23.3. The zero-order valence-electron chi connectivity index (χ0n) is 12.2. The number of nitrogens with zero attached hydrogens (tertiary/aromatic N) is 5. The standard InChI is InChI=1S/C14H18BrN5O/c1-9-3-4-19(7-10(2)5-9)13(21)12-17-14-16-6-11(15)8-20(14)18-12/h6,8-10H,3-5,7H2,1-2H3/t9-,10+/m0/s1. The SMILES string of the molecule is C[C@@H]1C[C@@H](C)CCN(C(=O)c2nc3ncc(Br)cn3n2)C1. The maximum absolute atomic E-state index is 12.6. The van der Waals surface area contributed by atoms with Crippen LogP contribution in [0.15, 0.2) is 16.9 Å². The Morgan fingerprint density at radius 2 is 2.19 bits per heavy atom. The van der Waals surface area contributed by atoms with Crippen molar-refractivity contribution >= 4 is 27.6 Å². The third kappa shape index (κ3) is 3.07. The van der Waals surface area contributed by atoms with Gasteiger partial charge in [-0.1, -0.05) is 13.8 Å². The molecule has 112 valence electrons. The van der Waals surface area contributed by atoms with Gasteiger partial charge in [0.2, 0.25) is 5.82 Å². The fraction of sp³-hybridized carbons (Fsp3) is 0.571. The van der Waals surface area contributed by atoms with Gasteiger partial charge in [0.05, 0.1) is 4.47 Å². The molecule has 1 aliphatic heterocycles. The van der Waals surface area contributed by atoms with Gasteiger partial charge < -0.3 is 4.90 Å². The van der Waals surface area contributed by atoms with Gasteiger partial charge in [-0.25, -0.2) is 9.50 Å². The van der Waals surface area contributed by atoms with Crippen molar-refractivity contribution in [2.75, 3.05) is 13.1 Å². The predicted octanol–water partition coefficient (Wildman–Crippen LogP) is 2.40. The van der Waals surface area contributed by atoms with Gasteiger partial charge in [-0.15, -0.1) is 5.10 Å². The van der Waals surface area contributed by atoms with E-state index >= 15 is 0 Å². The third-order valence-electron chi connectivity index (χ3n) is 3.87. The van der Waals surface area contributed by atoms with Gasteiger partial charge in [0, 0.05) is 25.5 Å². The first-order valence-corrected chi connectivity index (χ1v) is 7.99. The van der Waals surface area contributed by atoms with Crippen molar-refractivity contribution in [3.8, 4) is 0 Å². The molecule has 0 spiro atoms. The highest BCUT2D eigenvalue weighted by atomic mass is 79.9. The maximum Gasteiger partial charge on any atom is 0.293 e. The molecule has 1 aliphatic rings. The smallest absolute Gasteiger partial charge is 0.293 e. The van der Waals surface area contributed by atoms with Gasteiger partial charge in [0.15, 0.2) is 0 Å². The minimum absolute atomic E-state index is 0.0995. The lowest BCUT2D eigenvalue weighted by molar-refractivity contribution is 0.0732. The van der Waals surface area contributed by atoms with E-state index in [2.05, 4.69) is 44.8 Å². The van der Waals surface area contributed by atoms with Gasteiger partial charge >= 0.3 is 0 Å². The Morgan fingerprint density at radius 3 is 3.00 bits per heavy atom. The molecule has 1 amide bonds. The van der Waals surface area contributed by atoms with Crippen LogP contribution < -0.4 is 0 Å². The molecule has 0 bridgehead atoms. The quantitative estimate of drug-likeness (QED) is 0.791. The molecule has 0 saturated carbocycles. The molecule has 6 nitrogen and oxygen atoms in total. The monoisotopic (exact) mass is 351 g/mol. The first-order chi connectivity index (χ1) is 10.0. The molecule has 3 heterocycles. The Kier molecular flexibility index (Phi) is 3.93. The lowest BCUT2D eigenvalue weighted by Crippen LogP contribution is -2.34. The van der Waals surface area contributed by atoms with Crippen LogP contribution in [-0.4, -0.2) is 43.5 Å². The molecule has 1 saturated heterocycles. The van der Waals surface area contributed by atoms with Crippen molar-refractivity contribution in [3.63, 3.8) is 0 Å². The summed E-state index contributed by atoms with van der Waals surface area (Å²) in [6.45, 7) is 5.99. The summed E-state index contributed by atoms with van der Waals surface area (Å²) in [5.41, 5.74) is 0. The lowest BCUT2D eigenvalue weighted by Gasteiger charge is -2.20. The van der Waals surface area contributed by atoms with Crippen LogP contribution in [0.2, 0.25) is 0 Å². The molecule has 1 fully saturated rings. The summed E-state index contributed by atoms with van der Waals surface area (Å²) in [5.74, 6) is 1.73. The van der Waals surface area contributed by atoms with Crippen molar-refractivity contribution < 1.29 is 4.79 Å². The number of likely N-dealkylation sites (tertiary alicyclic amines) is 1. The Hall–Kier alpha value is -1.50. The first-order valence-electron chi connectivity index (χ1n) is 7.20. The van der Waals surface area contributed by atoms with Crippen LogP contribution in [0.3, 0.4) is 0 Å². The molecule has 7 heteroatoms. The van der Waals surface area contributed by atoms with E-state index in [1.807, 2.05) is 4.90 Å². The van der Waals surface area contributed by atoms with Crippen molar-refractivity contribution in [2.24, 2.45) is 11.8 Å². The van der Waals surface area contributed by atoms with E-state index in [0.717, 1.165) is 30.4 Å². The van der Waals surface area contributed by atoms with Crippen LogP contribution in [0.1, 0.15) is 37.3 Å². The minimum Gasteiger partial charge on any atom is -0.336 e. The van der Waals surface area contributed by atoms with Crippen molar-refractivity contribution in [2.45, 2.75) is 26.7 Å². The van der Waals surface area contributed by atoms with Crippen LogP contribution in [0.4, 0.5) is 0 Å². The number of rotatable bonds is 1. The number of halogens is 1. The lowest BCUT2D eigenvalue weighted by atomic mass is 9.97. The highest BCUT2D eigenvalue weighted by molar-refractivity contribution is 9.10. The summed E-state index contributed by atoms with van der Waals surface area (Å²) < 4.78 is 2.33. The Labute approximate surface area is 131 Å². The van der Waals surface area contributed by atoms with Gasteiger partial charge in [0.1, 0.15) is 0 Å². The predicted molar refractivity (Wildman–Crippen MR) is 81.9 cm³/mol. The van der Waals surface area contributed by atoms with E-state index in [1.165, 1.54) is 4.52 Å². The molecule has 2 aromatic heterocycles. The average molecular weight is 352 g/mol. The molecule has 21 heavy (non-hydrogen) atoms. The number of hydrogen-bond donors (Lipinski definition) is 0. The zero-order valence-corrected chi connectivity index (χ0v) is 13.7. The van der Waals surface area contributed by atoms with Crippen LogP contribution in [0, 0.1) is 11.8 Å². The summed E-state index contributed by atoms with van der Waals surface area (Å²) in [5, 5.41) is 4.25. The zero-order chi connectivity index (χ0) is 15.0. The summed E-state index contributed by atoms with van der Waals surface area (Å²) in [4.78, 5) is 22.9. The number of carbonyl (C=O) groups excluding carboxylic acids is 1. The second-order valence-corrected chi connectivity index (χ2v) is 6.85. The van der Waals surface area contributed by atoms with Crippen LogP contribution in [-0.2, 0) is 0 Å². The van der Waals surface area contributed by atoms with E-state index in [0.29, 0.717) is 17.6 Å². The van der Waals surface area contributed by atoms with Crippen LogP contribution in [0.25, 0.3) is 5.78 Å². The fourth-order valence-electron chi connectivity index (χ4n) is 2.90. The third-order valence-corrected chi connectivity index (χ3v) is 4.28. The molecular weight excluding hydrogens is 334 g/mol. The van der Waals surface area contributed by atoms with E-state index < -0.39 is 0 Å². The van der Waals surface area contributed by atoms with Crippen molar-refractivity contribution in [1.29, 1.82) is 0 Å². The highest BCUT2D eigenvalue weighted by Gasteiger charge is 2.26. The van der Waals surface area contributed by atoms with Gasteiger partial charge in [-0.3, -0.25) is 4.79 Å². The molecular formula is C14H18BrN5O. The molecule has 0 aromatic carbocycles. The van der Waals surface area contributed by atoms with E-state index in [1.54, 1.807) is 12.4 Å². The second kappa shape index (κ2) is 5.71. The topological polar surface area (TPSA) is 63.4 Å². The van der Waals surface area contributed by atoms with Crippen molar-refractivity contribution in [1.82, 2.24) is 24.5 Å². The summed E-state index contributed by atoms with van der Waals surface area (Å²) >= 11 is 3.33. The number of amides is 1. The Bertz CT molecular complexity index is 670. The number of fused-ring (bicyclic) bond motifs is 1. The largest absolute Gasteiger partial charge is 0.336 e. The van der Waals surface area contributed by atoms with Crippen LogP contribution >= 0.6 is 15.9 Å². The molecule has 0 N–H and O–H groups in total. The Morgan fingerprint density at radius 1 is 1.38 bits per heavy atom. The molecule has 3 rings (SSSR count). The molecule has 0 radical (unpaired) electrons. The summed E-state index contributed by atoms with van der Waals surface area (Å²) in [6, 6.07) is 0. The number of aromatic nitrogens is 4. The summed E-state index contributed by atoms with van der Waals surface area (Å²) in [7, 11) is 0. The number of hydrogen-bond acceptors (Lipinski definition) is 4. The van der Waals surface area contributed by atoms with E-state index in [-0.39, 0.29) is 11.7 Å². The average Bonchev–Trinajstić information content (AvgIpc) is 2.77. The van der Waals surface area contributed by atoms with E-state index in [4.69, 9.17) is 0 Å². The van der Waals surface area contributed by atoms with Crippen molar-refractivity contribution in [3.05, 3.63) is 22.7 Å². The van der Waals surface area contributed by atoms with E-state index in [9.17, 15) is 4.79 Å². The molecule has 0 aliphatic carbocycles. The molecule has 2 atom stereocenters.